The van der Waals surface area contributed by atoms with Crippen LogP contribution in [0, 0.1) is 18.6 Å². The van der Waals surface area contributed by atoms with E-state index in [0.717, 1.165) is 40.3 Å². The number of hydrogen-bond donors (Lipinski definition) is 2. The molecule has 2 N–H and O–H groups in total. The van der Waals surface area contributed by atoms with Crippen LogP contribution < -0.4 is 10.6 Å². The first kappa shape index (κ1) is 19.5. The molecular weight excluding hydrogens is 394 g/mol. The lowest BCUT2D eigenvalue weighted by Crippen LogP contribution is -2.27. The third-order valence-corrected chi connectivity index (χ3v) is 6.13. The predicted octanol–water partition coefficient (Wildman–Crippen LogP) is 6.25. The van der Waals surface area contributed by atoms with Crippen molar-refractivity contribution in [3.8, 4) is 0 Å². The van der Waals surface area contributed by atoms with Gasteiger partial charge in [0.05, 0.1) is 17.4 Å². The number of halogens is 2. The van der Waals surface area contributed by atoms with Crippen molar-refractivity contribution in [3.63, 3.8) is 0 Å². The molecule has 0 saturated heterocycles. The number of hydrogen-bond acceptors (Lipinski definition) is 3. The summed E-state index contributed by atoms with van der Waals surface area (Å²) in [5.41, 5.74) is 5.19. The quantitative estimate of drug-likeness (QED) is 0.519. The summed E-state index contributed by atoms with van der Waals surface area (Å²) in [5, 5.41) is 6.70. The Kier molecular flexibility index (Phi) is 4.81. The summed E-state index contributed by atoms with van der Waals surface area (Å²) in [6, 6.07) is 18.4. The van der Waals surface area contributed by atoms with Gasteiger partial charge in [-0.1, -0.05) is 42.0 Å². The maximum absolute atomic E-state index is 14.8. The van der Waals surface area contributed by atoms with Gasteiger partial charge in [0.1, 0.15) is 11.6 Å². The Morgan fingerprint density at radius 2 is 1.65 bits per heavy atom. The molecule has 0 spiro atoms. The van der Waals surface area contributed by atoms with Crippen molar-refractivity contribution in [1.29, 1.82) is 0 Å². The number of ketones is 1. The van der Waals surface area contributed by atoms with Crippen LogP contribution in [0.2, 0.25) is 0 Å². The van der Waals surface area contributed by atoms with Gasteiger partial charge in [0.25, 0.3) is 0 Å². The van der Waals surface area contributed by atoms with Crippen molar-refractivity contribution in [1.82, 2.24) is 0 Å². The van der Waals surface area contributed by atoms with Crippen LogP contribution in [0.25, 0.3) is 0 Å². The lowest BCUT2D eigenvalue weighted by Gasteiger charge is -2.30. The first-order chi connectivity index (χ1) is 15.0. The standard InChI is InChI=1S/C26H22F2N2O/c1-15-6-8-16(9-7-15)17-12-23-25(24(31)13-17)26(19-14-18(27)10-11-20(19)28)30-22-5-3-2-4-21(22)29-23/h2-11,14,17,26,29-30H,12-13H2,1H3/t17-,26+/m1/s1. The van der Waals surface area contributed by atoms with Crippen molar-refractivity contribution in [2.75, 3.05) is 10.6 Å². The molecule has 5 heteroatoms. The highest BCUT2D eigenvalue weighted by atomic mass is 19.1. The minimum absolute atomic E-state index is 0.0302. The molecular formula is C26H22F2N2O. The van der Waals surface area contributed by atoms with E-state index in [-0.39, 0.29) is 17.3 Å². The monoisotopic (exact) mass is 416 g/mol. The molecule has 1 aliphatic heterocycles. The minimum atomic E-state index is -0.770. The fourth-order valence-electron chi connectivity index (χ4n) is 4.54. The highest BCUT2D eigenvalue weighted by Crippen LogP contribution is 2.44. The van der Waals surface area contributed by atoms with E-state index in [9.17, 15) is 13.6 Å². The zero-order chi connectivity index (χ0) is 21.5. The number of allylic oxidation sites excluding steroid dienone is 1. The van der Waals surface area contributed by atoms with Crippen molar-refractivity contribution in [2.45, 2.75) is 31.7 Å². The maximum atomic E-state index is 14.8. The number of para-hydroxylation sites is 2. The third kappa shape index (κ3) is 3.61. The van der Waals surface area contributed by atoms with Gasteiger partial charge < -0.3 is 10.6 Å². The average molecular weight is 416 g/mol. The van der Waals surface area contributed by atoms with Crippen LogP contribution in [0.15, 0.2) is 78.0 Å². The second-order valence-corrected chi connectivity index (χ2v) is 8.25. The summed E-state index contributed by atoms with van der Waals surface area (Å²) in [7, 11) is 0. The molecule has 1 aliphatic carbocycles. The van der Waals surface area contributed by atoms with Gasteiger partial charge in [0.15, 0.2) is 5.78 Å². The van der Waals surface area contributed by atoms with Crippen LogP contribution in [-0.2, 0) is 4.79 Å². The fraction of sp³-hybridized carbons (Fsp3) is 0.192. The highest BCUT2D eigenvalue weighted by molar-refractivity contribution is 6.01. The zero-order valence-electron chi connectivity index (χ0n) is 17.1. The Balaban J connectivity index is 1.63. The molecule has 3 nitrogen and oxygen atoms in total. The van der Waals surface area contributed by atoms with Crippen molar-refractivity contribution >= 4 is 17.2 Å². The SMILES string of the molecule is Cc1ccc([C@H]2CC(=O)C3=C(C2)Nc2ccccc2N[C@H]3c2cc(F)ccc2F)cc1. The first-order valence-electron chi connectivity index (χ1n) is 10.4. The van der Waals surface area contributed by atoms with Crippen LogP contribution in [0.5, 0.6) is 0 Å². The van der Waals surface area contributed by atoms with Crippen LogP contribution in [0.1, 0.15) is 41.5 Å². The largest absolute Gasteiger partial charge is 0.372 e. The molecule has 2 aliphatic rings. The Morgan fingerprint density at radius 1 is 0.903 bits per heavy atom. The van der Waals surface area contributed by atoms with Gasteiger partial charge in [-0.2, -0.15) is 0 Å². The Hall–Kier alpha value is -3.47. The minimum Gasteiger partial charge on any atom is -0.372 e. The molecule has 0 saturated carbocycles. The molecule has 0 bridgehead atoms. The fourth-order valence-corrected chi connectivity index (χ4v) is 4.54. The van der Waals surface area contributed by atoms with Gasteiger partial charge in [0, 0.05) is 23.3 Å². The molecule has 3 aromatic carbocycles. The second kappa shape index (κ2) is 7.65. The van der Waals surface area contributed by atoms with Gasteiger partial charge in [-0.05, 0) is 55.2 Å². The Morgan fingerprint density at radius 3 is 2.42 bits per heavy atom. The number of fused-ring (bicyclic) bond motifs is 1. The van der Waals surface area contributed by atoms with E-state index in [0.29, 0.717) is 18.4 Å². The lowest BCUT2D eigenvalue weighted by atomic mass is 9.78. The molecule has 1 heterocycles. The van der Waals surface area contributed by atoms with Gasteiger partial charge in [0.2, 0.25) is 0 Å². The molecule has 2 atom stereocenters. The molecule has 3 aromatic rings. The number of benzene rings is 3. The number of nitrogens with one attached hydrogen (secondary N) is 2. The van der Waals surface area contributed by atoms with Crippen molar-refractivity contribution in [2.24, 2.45) is 0 Å². The summed E-state index contributed by atoms with van der Waals surface area (Å²) >= 11 is 0. The molecule has 0 amide bonds. The normalized spacial score (nSPS) is 20.3. The number of rotatable bonds is 2. The first-order valence-corrected chi connectivity index (χ1v) is 10.4. The van der Waals surface area contributed by atoms with Crippen molar-refractivity contribution < 1.29 is 13.6 Å². The van der Waals surface area contributed by atoms with E-state index >= 15 is 0 Å². The van der Waals surface area contributed by atoms with Crippen LogP contribution in [0.4, 0.5) is 20.2 Å². The van der Waals surface area contributed by atoms with E-state index in [4.69, 9.17) is 0 Å². The lowest BCUT2D eigenvalue weighted by molar-refractivity contribution is -0.116. The summed E-state index contributed by atoms with van der Waals surface area (Å²) in [6.07, 6.45) is 0.947. The smallest absolute Gasteiger partial charge is 0.163 e. The van der Waals surface area contributed by atoms with E-state index in [2.05, 4.69) is 22.8 Å². The van der Waals surface area contributed by atoms with Gasteiger partial charge in [-0.25, -0.2) is 8.78 Å². The predicted molar refractivity (Wildman–Crippen MR) is 118 cm³/mol. The number of Topliss-reactive ketones (excluding diaryl/α,β-unsaturated/α-hetero) is 1. The highest BCUT2D eigenvalue weighted by Gasteiger charge is 2.37. The maximum Gasteiger partial charge on any atom is 0.163 e. The van der Waals surface area contributed by atoms with Crippen molar-refractivity contribution in [3.05, 3.63) is 106 Å². The number of carbonyl (C=O) groups is 1. The summed E-state index contributed by atoms with van der Waals surface area (Å²) in [6.45, 7) is 2.03. The van der Waals surface area contributed by atoms with Crippen LogP contribution in [0.3, 0.4) is 0 Å². The van der Waals surface area contributed by atoms with Crippen LogP contribution >= 0.6 is 0 Å². The molecule has 156 valence electrons. The Labute approximate surface area is 179 Å². The summed E-state index contributed by atoms with van der Waals surface area (Å²) < 4.78 is 28.8. The van der Waals surface area contributed by atoms with E-state index in [1.807, 2.05) is 43.3 Å². The summed E-state index contributed by atoms with van der Waals surface area (Å²) in [4.78, 5) is 13.4. The molecule has 31 heavy (non-hydrogen) atoms. The summed E-state index contributed by atoms with van der Waals surface area (Å²) in [5.74, 6) is -1.11. The van der Waals surface area contributed by atoms with Gasteiger partial charge in [-0.15, -0.1) is 0 Å². The third-order valence-electron chi connectivity index (χ3n) is 6.13. The molecule has 0 aromatic heterocycles. The zero-order valence-corrected chi connectivity index (χ0v) is 17.1. The molecule has 0 fully saturated rings. The second-order valence-electron chi connectivity index (χ2n) is 8.25. The van der Waals surface area contributed by atoms with Gasteiger partial charge >= 0.3 is 0 Å². The molecule has 0 unspecified atom stereocenters. The Bertz CT molecular complexity index is 1200. The number of anilines is 2. The van der Waals surface area contributed by atoms with E-state index < -0.39 is 17.7 Å². The topological polar surface area (TPSA) is 41.1 Å². The number of carbonyl (C=O) groups excluding carboxylic acids is 1. The van der Waals surface area contributed by atoms with E-state index in [1.54, 1.807) is 0 Å². The van der Waals surface area contributed by atoms with E-state index in [1.165, 1.54) is 6.07 Å². The number of aryl methyl sites for hydroxylation is 1. The van der Waals surface area contributed by atoms with Crippen LogP contribution in [-0.4, -0.2) is 5.78 Å². The molecule has 0 radical (unpaired) electrons. The molecule has 5 rings (SSSR count). The van der Waals surface area contributed by atoms with Gasteiger partial charge in [-0.3, -0.25) is 4.79 Å². The average Bonchev–Trinajstić information content (AvgIpc) is 2.92.